The van der Waals surface area contributed by atoms with Gasteiger partial charge in [-0.1, -0.05) is 0 Å². The molecule has 0 aromatic heterocycles. The monoisotopic (exact) mass is 310 g/mol. The van der Waals surface area contributed by atoms with E-state index in [0.29, 0.717) is 12.1 Å². The molecule has 6 nitrogen and oxygen atoms in total. The van der Waals surface area contributed by atoms with Gasteiger partial charge in [-0.05, 0) is 12.1 Å². The average molecular weight is 310 g/mol. The molecule has 0 radical (unpaired) electrons. The first-order chi connectivity index (χ1) is 9.65. The van der Waals surface area contributed by atoms with Crippen molar-refractivity contribution in [3.05, 3.63) is 39.7 Å². The number of hydrogen-bond donors (Lipinski definition) is 1. The molecule has 0 saturated heterocycles. The zero-order valence-electron chi connectivity index (χ0n) is 10.4. The minimum Gasteiger partial charge on any atom is -0.395 e. The standard InChI is InChI=1S/C11H10F4N2O4/c12-8-2-1-7(5-9(8)17(20)21)10(19)16(3-4-18)6-11(13,14)15/h1-2,5,18H,3-4,6H2. The summed E-state index contributed by atoms with van der Waals surface area (Å²) in [5.74, 6) is -2.40. The van der Waals surface area contributed by atoms with E-state index in [1.807, 2.05) is 0 Å². The molecule has 1 aromatic rings. The predicted molar refractivity (Wildman–Crippen MR) is 62.1 cm³/mol. The van der Waals surface area contributed by atoms with Crippen molar-refractivity contribution in [3.63, 3.8) is 0 Å². The van der Waals surface area contributed by atoms with Crippen molar-refractivity contribution in [2.24, 2.45) is 0 Å². The van der Waals surface area contributed by atoms with Crippen LogP contribution in [0.25, 0.3) is 0 Å². The summed E-state index contributed by atoms with van der Waals surface area (Å²) >= 11 is 0. The van der Waals surface area contributed by atoms with E-state index in [1.54, 1.807) is 0 Å². The second kappa shape index (κ2) is 6.48. The van der Waals surface area contributed by atoms with Gasteiger partial charge in [0.1, 0.15) is 6.54 Å². The summed E-state index contributed by atoms with van der Waals surface area (Å²) in [5.41, 5.74) is -1.49. The third-order valence-corrected chi connectivity index (χ3v) is 2.42. The van der Waals surface area contributed by atoms with Gasteiger partial charge in [0.15, 0.2) is 0 Å². The number of aliphatic hydroxyl groups is 1. The molecule has 1 rings (SSSR count). The van der Waals surface area contributed by atoms with Gasteiger partial charge in [0.25, 0.3) is 5.91 Å². The van der Waals surface area contributed by atoms with Gasteiger partial charge >= 0.3 is 11.9 Å². The van der Waals surface area contributed by atoms with Crippen LogP contribution in [0.5, 0.6) is 0 Å². The average Bonchev–Trinajstić information content (AvgIpc) is 2.36. The van der Waals surface area contributed by atoms with Crippen LogP contribution in [0.3, 0.4) is 0 Å². The molecule has 0 aliphatic carbocycles. The summed E-state index contributed by atoms with van der Waals surface area (Å²) in [7, 11) is 0. The Morgan fingerprint density at radius 3 is 2.48 bits per heavy atom. The Bertz CT molecular complexity index is 548. The molecule has 0 unspecified atom stereocenters. The van der Waals surface area contributed by atoms with Crippen LogP contribution in [0.15, 0.2) is 18.2 Å². The van der Waals surface area contributed by atoms with Gasteiger partial charge in [-0.25, -0.2) is 0 Å². The lowest BCUT2D eigenvalue weighted by atomic mass is 10.1. The molecule has 116 valence electrons. The molecule has 10 heteroatoms. The fraction of sp³-hybridized carbons (Fsp3) is 0.364. The van der Waals surface area contributed by atoms with E-state index >= 15 is 0 Å². The number of nitro groups is 1. The summed E-state index contributed by atoms with van der Waals surface area (Å²) in [6.45, 7) is -2.95. The van der Waals surface area contributed by atoms with E-state index in [2.05, 4.69) is 0 Å². The van der Waals surface area contributed by atoms with Gasteiger partial charge in [-0.2, -0.15) is 17.6 Å². The molecule has 1 N–H and O–H groups in total. The second-order valence-corrected chi connectivity index (χ2v) is 3.99. The number of rotatable bonds is 5. The van der Waals surface area contributed by atoms with E-state index in [4.69, 9.17) is 5.11 Å². The van der Waals surface area contributed by atoms with Crippen LogP contribution in [0.1, 0.15) is 10.4 Å². The number of aliphatic hydroxyl groups excluding tert-OH is 1. The molecule has 0 fully saturated rings. The van der Waals surface area contributed by atoms with E-state index < -0.39 is 53.8 Å². The van der Waals surface area contributed by atoms with Crippen LogP contribution in [0, 0.1) is 15.9 Å². The second-order valence-electron chi connectivity index (χ2n) is 3.99. The summed E-state index contributed by atoms with van der Waals surface area (Å²) in [5, 5.41) is 19.2. The third kappa shape index (κ3) is 4.67. The number of nitro benzene ring substituents is 1. The quantitative estimate of drug-likeness (QED) is 0.510. The summed E-state index contributed by atoms with van der Waals surface area (Å²) in [6, 6.07) is 2.01. The largest absolute Gasteiger partial charge is 0.406 e. The van der Waals surface area contributed by atoms with Gasteiger partial charge in [-0.15, -0.1) is 0 Å². The van der Waals surface area contributed by atoms with Crippen molar-refractivity contribution in [3.8, 4) is 0 Å². The van der Waals surface area contributed by atoms with Crippen molar-refractivity contribution in [1.29, 1.82) is 0 Å². The highest BCUT2D eigenvalue weighted by Crippen LogP contribution is 2.22. The molecule has 0 spiro atoms. The number of carbonyl (C=O) groups is 1. The number of halogens is 4. The molecule has 0 saturated carbocycles. The Kier molecular flexibility index (Phi) is 5.19. The maximum absolute atomic E-state index is 13.1. The van der Waals surface area contributed by atoms with Gasteiger partial charge < -0.3 is 10.0 Å². The van der Waals surface area contributed by atoms with Gasteiger partial charge in [0, 0.05) is 18.2 Å². The number of alkyl halides is 3. The Morgan fingerprint density at radius 2 is 2.00 bits per heavy atom. The smallest absolute Gasteiger partial charge is 0.395 e. The lowest BCUT2D eigenvalue weighted by molar-refractivity contribution is -0.387. The van der Waals surface area contributed by atoms with E-state index in [9.17, 15) is 32.5 Å². The highest BCUT2D eigenvalue weighted by atomic mass is 19.4. The summed E-state index contributed by atoms with van der Waals surface area (Å²) < 4.78 is 50.1. The number of carbonyl (C=O) groups excluding carboxylic acids is 1. The lowest BCUT2D eigenvalue weighted by Crippen LogP contribution is -2.40. The normalized spacial score (nSPS) is 11.3. The third-order valence-electron chi connectivity index (χ3n) is 2.42. The van der Waals surface area contributed by atoms with Crippen molar-refractivity contribution < 1.29 is 32.4 Å². The van der Waals surface area contributed by atoms with Crippen molar-refractivity contribution in [2.45, 2.75) is 6.18 Å². The van der Waals surface area contributed by atoms with Crippen molar-refractivity contribution >= 4 is 11.6 Å². The van der Waals surface area contributed by atoms with E-state index in [0.717, 1.165) is 6.07 Å². The van der Waals surface area contributed by atoms with Gasteiger partial charge in [-0.3, -0.25) is 14.9 Å². The first-order valence-electron chi connectivity index (χ1n) is 5.56. The number of benzene rings is 1. The molecule has 1 aromatic carbocycles. The molecule has 0 aliphatic heterocycles. The fourth-order valence-corrected chi connectivity index (χ4v) is 1.56. The molecule has 0 atom stereocenters. The van der Waals surface area contributed by atoms with Crippen molar-refractivity contribution in [1.82, 2.24) is 4.90 Å². The molecule has 0 bridgehead atoms. The van der Waals surface area contributed by atoms with Crippen LogP contribution in [0.4, 0.5) is 23.2 Å². The number of hydrogen-bond acceptors (Lipinski definition) is 4. The molecular weight excluding hydrogens is 300 g/mol. The first kappa shape index (κ1) is 16.8. The molecule has 21 heavy (non-hydrogen) atoms. The predicted octanol–water partition coefficient (Wildman–Crippen LogP) is 1.73. The lowest BCUT2D eigenvalue weighted by Gasteiger charge is -2.23. The minimum absolute atomic E-state index is 0.275. The van der Waals surface area contributed by atoms with Gasteiger partial charge in [0.2, 0.25) is 5.82 Å². The van der Waals surface area contributed by atoms with Crippen molar-refractivity contribution in [2.75, 3.05) is 19.7 Å². The Labute approximate surface area is 115 Å². The number of amides is 1. The Hall–Kier alpha value is -2.23. The zero-order chi connectivity index (χ0) is 16.2. The van der Waals surface area contributed by atoms with Crippen LogP contribution in [-0.4, -0.2) is 46.7 Å². The van der Waals surface area contributed by atoms with E-state index in [-0.39, 0.29) is 4.90 Å². The van der Waals surface area contributed by atoms with E-state index in [1.165, 1.54) is 0 Å². The fourth-order valence-electron chi connectivity index (χ4n) is 1.56. The Morgan fingerprint density at radius 1 is 1.38 bits per heavy atom. The maximum atomic E-state index is 13.1. The van der Waals surface area contributed by atoms with Crippen LogP contribution in [0.2, 0.25) is 0 Å². The maximum Gasteiger partial charge on any atom is 0.406 e. The topological polar surface area (TPSA) is 83.7 Å². The summed E-state index contributed by atoms with van der Waals surface area (Å²) in [6.07, 6.45) is -4.70. The Balaban J connectivity index is 3.09. The number of nitrogens with zero attached hydrogens (tertiary/aromatic N) is 2. The minimum atomic E-state index is -4.70. The molecule has 1 amide bonds. The van der Waals surface area contributed by atoms with Crippen LogP contribution >= 0.6 is 0 Å². The highest BCUT2D eigenvalue weighted by Gasteiger charge is 2.33. The van der Waals surface area contributed by atoms with Crippen LogP contribution < -0.4 is 0 Å². The highest BCUT2D eigenvalue weighted by molar-refractivity contribution is 5.94. The zero-order valence-corrected chi connectivity index (χ0v) is 10.4. The SMILES string of the molecule is O=C(c1ccc(F)c([N+](=O)[O-])c1)N(CCO)CC(F)(F)F. The van der Waals surface area contributed by atoms with Gasteiger partial charge in [0.05, 0.1) is 11.5 Å². The summed E-state index contributed by atoms with van der Waals surface area (Å²) in [4.78, 5) is 21.6. The molecule has 0 aliphatic rings. The molecular formula is C11H10F4N2O4. The van der Waals surface area contributed by atoms with Crippen LogP contribution in [-0.2, 0) is 0 Å². The first-order valence-corrected chi connectivity index (χ1v) is 5.56. The molecule has 0 heterocycles.